The molecule has 21 heavy (non-hydrogen) atoms. The van der Waals surface area contributed by atoms with E-state index in [0.717, 1.165) is 23.9 Å². The van der Waals surface area contributed by atoms with Crippen molar-refractivity contribution < 1.29 is 0 Å². The summed E-state index contributed by atoms with van der Waals surface area (Å²) in [4.78, 5) is 6.89. The van der Waals surface area contributed by atoms with Crippen molar-refractivity contribution in [3.8, 4) is 0 Å². The summed E-state index contributed by atoms with van der Waals surface area (Å²) in [7, 11) is 2.22. The van der Waals surface area contributed by atoms with Gasteiger partial charge in [0.15, 0.2) is 0 Å². The van der Waals surface area contributed by atoms with Crippen molar-refractivity contribution in [1.82, 2.24) is 14.3 Å². The molecule has 0 aromatic carbocycles. The molecule has 0 radical (unpaired) electrons. The van der Waals surface area contributed by atoms with E-state index in [1.54, 1.807) is 0 Å². The SMILES string of the molecule is CN(Cc1ccc2nc(CN)cn2c1)C1CCC1.Cl.Cl.Cl. The molecule has 7 heteroatoms. The first-order valence-corrected chi connectivity index (χ1v) is 6.63. The molecule has 4 nitrogen and oxygen atoms in total. The third kappa shape index (κ3) is 4.47. The van der Waals surface area contributed by atoms with Crippen LogP contribution in [0.3, 0.4) is 0 Å². The summed E-state index contributed by atoms with van der Waals surface area (Å²) >= 11 is 0. The molecule has 2 heterocycles. The molecule has 2 aromatic heterocycles. The highest BCUT2D eigenvalue weighted by molar-refractivity contribution is 5.86. The van der Waals surface area contributed by atoms with Gasteiger partial charge in [0.1, 0.15) is 5.65 Å². The lowest BCUT2D eigenvalue weighted by Gasteiger charge is -2.34. The third-order valence-corrected chi connectivity index (χ3v) is 3.90. The van der Waals surface area contributed by atoms with Gasteiger partial charge >= 0.3 is 0 Å². The number of imidazole rings is 1. The van der Waals surface area contributed by atoms with Crippen LogP contribution in [0.2, 0.25) is 0 Å². The summed E-state index contributed by atoms with van der Waals surface area (Å²) in [5.41, 5.74) is 8.87. The molecule has 0 bridgehead atoms. The Labute approximate surface area is 144 Å². The Hall–Kier alpha value is -0.520. The lowest BCUT2D eigenvalue weighted by Crippen LogP contribution is -2.36. The molecular formula is C14H23Cl3N4. The third-order valence-electron chi connectivity index (χ3n) is 3.90. The minimum atomic E-state index is 0. The van der Waals surface area contributed by atoms with Crippen molar-refractivity contribution in [3.63, 3.8) is 0 Å². The Bertz CT molecular complexity index is 554. The van der Waals surface area contributed by atoms with Gasteiger partial charge in [0, 0.05) is 31.5 Å². The van der Waals surface area contributed by atoms with Gasteiger partial charge < -0.3 is 10.1 Å². The van der Waals surface area contributed by atoms with Crippen LogP contribution in [0.1, 0.15) is 30.5 Å². The summed E-state index contributed by atoms with van der Waals surface area (Å²) in [5.74, 6) is 0. The van der Waals surface area contributed by atoms with E-state index >= 15 is 0 Å². The Morgan fingerprint density at radius 1 is 1.24 bits per heavy atom. The van der Waals surface area contributed by atoms with Crippen molar-refractivity contribution in [2.75, 3.05) is 7.05 Å². The van der Waals surface area contributed by atoms with E-state index in [0.29, 0.717) is 6.54 Å². The van der Waals surface area contributed by atoms with Crippen LogP contribution >= 0.6 is 37.2 Å². The molecular weight excluding hydrogens is 331 g/mol. The van der Waals surface area contributed by atoms with Gasteiger partial charge in [0.2, 0.25) is 0 Å². The molecule has 1 aliphatic rings. The molecule has 120 valence electrons. The highest BCUT2D eigenvalue weighted by atomic mass is 35.5. The summed E-state index contributed by atoms with van der Waals surface area (Å²) in [5, 5.41) is 0. The molecule has 0 atom stereocenters. The quantitative estimate of drug-likeness (QED) is 0.919. The van der Waals surface area contributed by atoms with E-state index in [1.165, 1.54) is 24.8 Å². The first kappa shape index (κ1) is 20.5. The van der Waals surface area contributed by atoms with Gasteiger partial charge in [0.05, 0.1) is 5.69 Å². The minimum Gasteiger partial charge on any atom is -0.325 e. The standard InChI is InChI=1S/C14H20N4.3ClH/c1-17(13-3-2-4-13)8-11-5-6-14-16-12(7-15)10-18(14)9-11;;;/h5-6,9-10,13H,2-4,7-8,15H2,1H3;3*1H. The number of nitrogens with two attached hydrogens (primary N) is 1. The first-order chi connectivity index (χ1) is 8.76. The molecule has 0 aliphatic heterocycles. The van der Waals surface area contributed by atoms with Gasteiger partial charge in [-0.1, -0.05) is 12.5 Å². The minimum absolute atomic E-state index is 0. The summed E-state index contributed by atoms with van der Waals surface area (Å²) in [6.45, 7) is 1.51. The second-order valence-corrected chi connectivity index (χ2v) is 5.24. The normalized spacial score (nSPS) is 14.0. The smallest absolute Gasteiger partial charge is 0.137 e. The Balaban J connectivity index is 0.00000133. The maximum atomic E-state index is 5.61. The van der Waals surface area contributed by atoms with E-state index in [-0.39, 0.29) is 37.2 Å². The average Bonchev–Trinajstić information content (AvgIpc) is 2.68. The number of pyridine rings is 1. The molecule has 1 aliphatic carbocycles. The summed E-state index contributed by atoms with van der Waals surface area (Å²) in [6.07, 6.45) is 8.26. The topological polar surface area (TPSA) is 46.6 Å². The molecule has 3 rings (SSSR count). The van der Waals surface area contributed by atoms with Crippen molar-refractivity contribution in [1.29, 1.82) is 0 Å². The number of aromatic nitrogens is 2. The molecule has 0 saturated heterocycles. The van der Waals surface area contributed by atoms with Crippen LogP contribution in [0.4, 0.5) is 0 Å². The molecule has 0 unspecified atom stereocenters. The lowest BCUT2D eigenvalue weighted by atomic mass is 9.92. The zero-order chi connectivity index (χ0) is 12.5. The number of hydrogen-bond acceptors (Lipinski definition) is 3. The number of nitrogens with zero attached hydrogens (tertiary/aromatic N) is 3. The van der Waals surface area contributed by atoms with Crippen molar-refractivity contribution in [2.45, 2.75) is 38.4 Å². The molecule has 2 aromatic rings. The van der Waals surface area contributed by atoms with Crippen LogP contribution in [0.5, 0.6) is 0 Å². The number of rotatable bonds is 4. The Morgan fingerprint density at radius 2 is 1.95 bits per heavy atom. The fraction of sp³-hybridized carbons (Fsp3) is 0.500. The summed E-state index contributed by atoms with van der Waals surface area (Å²) in [6, 6.07) is 5.02. The lowest BCUT2D eigenvalue weighted by molar-refractivity contribution is 0.152. The second kappa shape index (κ2) is 8.81. The van der Waals surface area contributed by atoms with Gasteiger partial charge in [-0.25, -0.2) is 4.98 Å². The first-order valence-electron chi connectivity index (χ1n) is 6.63. The second-order valence-electron chi connectivity index (χ2n) is 5.24. The molecule has 2 N–H and O–H groups in total. The largest absolute Gasteiger partial charge is 0.325 e. The van der Waals surface area contributed by atoms with Crippen LogP contribution in [-0.4, -0.2) is 27.4 Å². The van der Waals surface area contributed by atoms with E-state index in [2.05, 4.69) is 39.7 Å². The van der Waals surface area contributed by atoms with E-state index in [9.17, 15) is 0 Å². The van der Waals surface area contributed by atoms with Crippen LogP contribution in [0.25, 0.3) is 5.65 Å². The van der Waals surface area contributed by atoms with Crippen molar-refractivity contribution in [3.05, 3.63) is 35.8 Å². The van der Waals surface area contributed by atoms with Crippen LogP contribution in [0, 0.1) is 0 Å². The molecule has 0 amide bonds. The Morgan fingerprint density at radius 3 is 2.52 bits per heavy atom. The van der Waals surface area contributed by atoms with E-state index < -0.39 is 0 Å². The monoisotopic (exact) mass is 352 g/mol. The number of halogens is 3. The highest BCUT2D eigenvalue weighted by Gasteiger charge is 2.21. The fourth-order valence-electron chi connectivity index (χ4n) is 2.53. The van der Waals surface area contributed by atoms with Crippen LogP contribution in [-0.2, 0) is 13.1 Å². The van der Waals surface area contributed by atoms with Crippen LogP contribution in [0.15, 0.2) is 24.5 Å². The predicted octanol–water partition coefficient (Wildman–Crippen LogP) is 3.04. The number of fused-ring (bicyclic) bond motifs is 1. The van der Waals surface area contributed by atoms with Gasteiger partial charge in [-0.15, -0.1) is 37.2 Å². The van der Waals surface area contributed by atoms with E-state index in [1.807, 2.05) is 6.20 Å². The van der Waals surface area contributed by atoms with Gasteiger partial charge in [-0.3, -0.25) is 4.90 Å². The fourth-order valence-corrected chi connectivity index (χ4v) is 2.53. The van der Waals surface area contributed by atoms with Gasteiger partial charge in [-0.05, 0) is 31.5 Å². The van der Waals surface area contributed by atoms with Crippen molar-refractivity contribution >= 4 is 42.9 Å². The maximum absolute atomic E-state index is 5.61. The highest BCUT2D eigenvalue weighted by Crippen LogP contribution is 2.24. The molecule has 0 spiro atoms. The molecule has 1 saturated carbocycles. The zero-order valence-electron chi connectivity index (χ0n) is 12.1. The van der Waals surface area contributed by atoms with Crippen molar-refractivity contribution in [2.24, 2.45) is 5.73 Å². The Kier molecular flexibility index (Phi) is 8.59. The average molecular weight is 354 g/mol. The summed E-state index contributed by atoms with van der Waals surface area (Å²) < 4.78 is 2.08. The number of hydrogen-bond donors (Lipinski definition) is 1. The predicted molar refractivity (Wildman–Crippen MR) is 93.9 cm³/mol. The van der Waals surface area contributed by atoms with Gasteiger partial charge in [-0.2, -0.15) is 0 Å². The van der Waals surface area contributed by atoms with E-state index in [4.69, 9.17) is 5.73 Å². The van der Waals surface area contributed by atoms with Gasteiger partial charge in [0.25, 0.3) is 0 Å². The molecule has 1 fully saturated rings. The van der Waals surface area contributed by atoms with Crippen LogP contribution < -0.4 is 5.73 Å². The maximum Gasteiger partial charge on any atom is 0.137 e. The zero-order valence-corrected chi connectivity index (χ0v) is 14.5.